The highest BCUT2D eigenvalue weighted by molar-refractivity contribution is 5.79. The Labute approximate surface area is 216 Å². The Morgan fingerprint density at radius 1 is 1.33 bits per heavy atom. The van der Waals surface area contributed by atoms with E-state index in [9.17, 15) is 9.90 Å². The van der Waals surface area contributed by atoms with Crippen LogP contribution in [0, 0.1) is 18.3 Å². The van der Waals surface area contributed by atoms with E-state index in [-0.39, 0.29) is 36.0 Å². The first-order valence-electron chi connectivity index (χ1n) is 13.5. The number of carbonyl (C=O) groups excluding carboxylic acids is 1. The molecule has 0 saturated carbocycles. The summed E-state index contributed by atoms with van der Waals surface area (Å²) in [5, 5.41) is 17.5. The third-order valence-corrected chi connectivity index (χ3v) is 7.46. The number of aryl methyl sites for hydroxylation is 1. The first-order valence-corrected chi connectivity index (χ1v) is 13.5. The SMILES string of the molecule is CC[C@H](CC[C@@H](C)C(=O)N(CCO)C1C=Cc2cc(-c3n[nH]c(C)c3CCC(C)(C)C)[nH]c2C1)OC. The van der Waals surface area contributed by atoms with Gasteiger partial charge in [-0.1, -0.05) is 46.8 Å². The number of amides is 1. The number of aromatic amines is 2. The Kier molecular flexibility index (Phi) is 9.59. The van der Waals surface area contributed by atoms with Crippen LogP contribution in [0.25, 0.3) is 17.5 Å². The third-order valence-electron chi connectivity index (χ3n) is 7.46. The summed E-state index contributed by atoms with van der Waals surface area (Å²) < 4.78 is 5.49. The molecule has 3 atom stereocenters. The van der Waals surface area contributed by atoms with Gasteiger partial charge in [0.2, 0.25) is 5.91 Å². The lowest BCUT2D eigenvalue weighted by molar-refractivity contribution is -0.137. The zero-order chi connectivity index (χ0) is 26.5. The predicted octanol–water partition coefficient (Wildman–Crippen LogP) is 5.29. The number of carbonyl (C=O) groups is 1. The Morgan fingerprint density at radius 3 is 2.72 bits per heavy atom. The van der Waals surface area contributed by atoms with Crippen LogP contribution in [0.5, 0.6) is 0 Å². The lowest BCUT2D eigenvalue weighted by Gasteiger charge is -2.33. The van der Waals surface area contributed by atoms with E-state index in [1.807, 2.05) is 11.8 Å². The van der Waals surface area contributed by atoms with Gasteiger partial charge in [-0.15, -0.1) is 0 Å². The van der Waals surface area contributed by atoms with E-state index in [2.05, 4.69) is 68.0 Å². The molecule has 0 spiro atoms. The minimum absolute atomic E-state index is 0.0506. The molecule has 1 amide bonds. The largest absolute Gasteiger partial charge is 0.395 e. The van der Waals surface area contributed by atoms with Crippen molar-refractivity contribution in [3.63, 3.8) is 0 Å². The van der Waals surface area contributed by atoms with Gasteiger partial charge in [0.15, 0.2) is 0 Å². The number of hydrogen-bond donors (Lipinski definition) is 3. The maximum Gasteiger partial charge on any atom is 0.225 e. The molecule has 0 aliphatic heterocycles. The lowest BCUT2D eigenvalue weighted by Crippen LogP contribution is -2.45. The molecule has 0 aromatic carbocycles. The van der Waals surface area contributed by atoms with Crippen LogP contribution in [-0.4, -0.2) is 63.5 Å². The minimum Gasteiger partial charge on any atom is -0.395 e. The summed E-state index contributed by atoms with van der Waals surface area (Å²) in [6.07, 6.45) is 9.70. The molecular weight excluding hydrogens is 452 g/mol. The second-order valence-corrected chi connectivity index (χ2v) is 11.5. The van der Waals surface area contributed by atoms with Crippen LogP contribution in [0.15, 0.2) is 12.1 Å². The molecule has 200 valence electrons. The van der Waals surface area contributed by atoms with Gasteiger partial charge in [-0.05, 0) is 56.1 Å². The van der Waals surface area contributed by atoms with Gasteiger partial charge in [0.1, 0.15) is 5.69 Å². The molecule has 3 rings (SSSR count). The fourth-order valence-electron chi connectivity index (χ4n) is 5.02. The summed E-state index contributed by atoms with van der Waals surface area (Å²) in [6.45, 7) is 13.2. The Bertz CT molecular complexity index is 1030. The van der Waals surface area contributed by atoms with E-state index in [1.54, 1.807) is 7.11 Å². The molecule has 1 unspecified atom stereocenters. The Hall–Kier alpha value is -2.38. The average molecular weight is 499 g/mol. The molecular formula is C29H46N4O3. The Morgan fingerprint density at radius 2 is 2.08 bits per heavy atom. The summed E-state index contributed by atoms with van der Waals surface area (Å²) in [7, 11) is 1.73. The first-order chi connectivity index (χ1) is 17.1. The summed E-state index contributed by atoms with van der Waals surface area (Å²) in [5.74, 6) is -0.0283. The van der Waals surface area contributed by atoms with E-state index in [0.29, 0.717) is 13.0 Å². The van der Waals surface area contributed by atoms with Gasteiger partial charge in [0.25, 0.3) is 0 Å². The number of rotatable bonds is 12. The maximum atomic E-state index is 13.4. The van der Waals surface area contributed by atoms with Crippen molar-refractivity contribution >= 4 is 12.0 Å². The number of ether oxygens (including phenoxy) is 1. The van der Waals surface area contributed by atoms with Crippen LogP contribution in [0.4, 0.5) is 0 Å². The normalized spacial score (nSPS) is 17.2. The zero-order valence-electron chi connectivity index (χ0n) is 23.3. The second-order valence-electron chi connectivity index (χ2n) is 11.5. The highest BCUT2D eigenvalue weighted by Gasteiger charge is 2.29. The van der Waals surface area contributed by atoms with Crippen molar-refractivity contribution < 1.29 is 14.6 Å². The monoisotopic (exact) mass is 498 g/mol. The molecule has 1 aliphatic rings. The van der Waals surface area contributed by atoms with Crippen molar-refractivity contribution in [3.8, 4) is 11.4 Å². The zero-order valence-corrected chi connectivity index (χ0v) is 23.3. The lowest BCUT2D eigenvalue weighted by atomic mass is 9.88. The van der Waals surface area contributed by atoms with Crippen LogP contribution in [0.2, 0.25) is 0 Å². The molecule has 0 saturated heterocycles. The topological polar surface area (TPSA) is 94.2 Å². The van der Waals surface area contributed by atoms with E-state index in [4.69, 9.17) is 4.74 Å². The molecule has 1 aliphatic carbocycles. The smallest absolute Gasteiger partial charge is 0.225 e. The van der Waals surface area contributed by atoms with E-state index >= 15 is 0 Å². The van der Waals surface area contributed by atoms with Crippen molar-refractivity contribution in [1.29, 1.82) is 0 Å². The number of aliphatic hydroxyl groups is 1. The van der Waals surface area contributed by atoms with Crippen LogP contribution in [0.1, 0.15) is 82.8 Å². The fraction of sp³-hybridized carbons (Fsp3) is 0.655. The van der Waals surface area contributed by atoms with Crippen molar-refractivity contribution in [2.24, 2.45) is 11.3 Å². The van der Waals surface area contributed by atoms with E-state index in [0.717, 1.165) is 60.4 Å². The van der Waals surface area contributed by atoms with Gasteiger partial charge in [0.05, 0.1) is 24.4 Å². The molecule has 0 radical (unpaired) electrons. The van der Waals surface area contributed by atoms with Gasteiger partial charge in [-0.25, -0.2) is 0 Å². The quantitative estimate of drug-likeness (QED) is 0.370. The van der Waals surface area contributed by atoms with Crippen LogP contribution >= 0.6 is 0 Å². The highest BCUT2D eigenvalue weighted by Crippen LogP contribution is 2.32. The number of fused-ring (bicyclic) bond motifs is 1. The van der Waals surface area contributed by atoms with Gasteiger partial charge < -0.3 is 19.7 Å². The van der Waals surface area contributed by atoms with Gasteiger partial charge in [-0.2, -0.15) is 5.10 Å². The average Bonchev–Trinajstić information content (AvgIpc) is 3.43. The number of hydrogen-bond acceptors (Lipinski definition) is 4. The summed E-state index contributed by atoms with van der Waals surface area (Å²) in [6, 6.07) is 2.08. The molecule has 2 aromatic rings. The number of nitrogens with zero attached hydrogens (tertiary/aromatic N) is 2. The standard InChI is InChI=1S/C29H46N4O3/c1-8-23(36-7)12-9-19(2)28(35)33(15-16-34)22-11-10-21-17-26(30-25(21)18-22)27-24(20(3)31-32-27)13-14-29(4,5)6/h10-11,17,19,22-23,30,34H,8-9,12-16,18H2,1-7H3,(H,31,32)/t19-,22?,23-/m1/s1. The van der Waals surface area contributed by atoms with Gasteiger partial charge in [0, 0.05) is 42.9 Å². The second kappa shape index (κ2) is 12.2. The molecule has 36 heavy (non-hydrogen) atoms. The molecule has 7 heteroatoms. The predicted molar refractivity (Wildman–Crippen MR) is 146 cm³/mol. The molecule has 2 heterocycles. The number of H-pyrrole nitrogens is 2. The summed E-state index contributed by atoms with van der Waals surface area (Å²) >= 11 is 0. The molecule has 0 bridgehead atoms. The first kappa shape index (κ1) is 28.2. The number of methoxy groups -OCH3 is 1. The van der Waals surface area contributed by atoms with Crippen molar-refractivity contribution in [1.82, 2.24) is 20.1 Å². The van der Waals surface area contributed by atoms with Gasteiger partial charge in [-0.3, -0.25) is 9.89 Å². The summed E-state index contributed by atoms with van der Waals surface area (Å²) in [5.41, 5.74) is 6.87. The molecule has 2 aromatic heterocycles. The fourth-order valence-corrected chi connectivity index (χ4v) is 5.02. The Balaban J connectivity index is 1.75. The van der Waals surface area contributed by atoms with E-state index < -0.39 is 0 Å². The molecule has 0 fully saturated rings. The van der Waals surface area contributed by atoms with E-state index in [1.165, 1.54) is 5.56 Å². The van der Waals surface area contributed by atoms with Crippen LogP contribution in [-0.2, 0) is 22.4 Å². The van der Waals surface area contributed by atoms with Crippen molar-refractivity contribution in [2.45, 2.75) is 92.2 Å². The minimum atomic E-state index is -0.118. The number of aliphatic hydroxyl groups excluding tert-OH is 1. The number of nitrogens with one attached hydrogen (secondary N) is 2. The molecule has 7 nitrogen and oxygen atoms in total. The number of aromatic nitrogens is 3. The highest BCUT2D eigenvalue weighted by atomic mass is 16.5. The summed E-state index contributed by atoms with van der Waals surface area (Å²) in [4.78, 5) is 18.8. The van der Waals surface area contributed by atoms with Gasteiger partial charge >= 0.3 is 0 Å². The maximum absolute atomic E-state index is 13.4. The van der Waals surface area contributed by atoms with Crippen LogP contribution in [0.3, 0.4) is 0 Å². The molecule has 3 N–H and O–H groups in total. The van der Waals surface area contributed by atoms with Crippen LogP contribution < -0.4 is 0 Å². The third kappa shape index (κ3) is 6.88. The van der Waals surface area contributed by atoms with Crippen molar-refractivity contribution in [2.75, 3.05) is 20.3 Å². The van der Waals surface area contributed by atoms with Crippen molar-refractivity contribution in [3.05, 3.63) is 34.7 Å².